The Morgan fingerprint density at radius 3 is 2.67 bits per heavy atom. The summed E-state index contributed by atoms with van der Waals surface area (Å²) < 4.78 is 0. The quantitative estimate of drug-likeness (QED) is 0.637. The van der Waals surface area contributed by atoms with E-state index in [4.69, 9.17) is 5.73 Å². The standard InChI is InChI=1S/C10H14N6O2/c11-10-9(2-1-5-12-10)16(14-18)8-3-6-15(13-17)7-4-8/h1-2,5,8H,3-4,6-7H2,(H2,11,12). The Bertz CT molecular complexity index is 432. The number of hydrogen-bond donors (Lipinski definition) is 1. The molecule has 1 saturated heterocycles. The Morgan fingerprint density at radius 1 is 1.39 bits per heavy atom. The van der Waals surface area contributed by atoms with Crippen LogP contribution in [0.25, 0.3) is 0 Å². The van der Waals surface area contributed by atoms with Crippen LogP contribution in [-0.2, 0) is 0 Å². The summed E-state index contributed by atoms with van der Waals surface area (Å²) in [5.41, 5.74) is 6.23. The summed E-state index contributed by atoms with van der Waals surface area (Å²) in [6.07, 6.45) is 2.82. The van der Waals surface area contributed by atoms with E-state index in [9.17, 15) is 9.81 Å². The van der Waals surface area contributed by atoms with Gasteiger partial charge in [0.2, 0.25) is 0 Å². The maximum absolute atomic E-state index is 11.0. The molecule has 2 N–H and O–H groups in total. The SMILES string of the molecule is Nc1ncccc1N(N=O)C1CCN(N=O)CC1. The molecule has 0 spiro atoms. The molecule has 2 heterocycles. The van der Waals surface area contributed by atoms with Crippen molar-refractivity contribution >= 4 is 11.5 Å². The first-order chi connectivity index (χ1) is 8.76. The van der Waals surface area contributed by atoms with E-state index in [1.165, 1.54) is 10.0 Å². The zero-order valence-corrected chi connectivity index (χ0v) is 9.77. The van der Waals surface area contributed by atoms with E-state index in [-0.39, 0.29) is 11.9 Å². The van der Waals surface area contributed by atoms with Gasteiger partial charge in [0.05, 0.1) is 16.6 Å². The number of rotatable bonds is 4. The van der Waals surface area contributed by atoms with Gasteiger partial charge in [0.25, 0.3) is 0 Å². The smallest absolute Gasteiger partial charge is 0.149 e. The van der Waals surface area contributed by atoms with Gasteiger partial charge in [-0.2, -0.15) is 0 Å². The van der Waals surface area contributed by atoms with Crippen LogP contribution >= 0.6 is 0 Å². The van der Waals surface area contributed by atoms with Crippen molar-refractivity contribution in [2.24, 2.45) is 10.6 Å². The van der Waals surface area contributed by atoms with E-state index in [2.05, 4.69) is 15.6 Å². The van der Waals surface area contributed by atoms with Crippen LogP contribution in [0.1, 0.15) is 12.8 Å². The molecular weight excluding hydrogens is 236 g/mol. The third-order valence-corrected chi connectivity index (χ3v) is 3.05. The molecule has 18 heavy (non-hydrogen) atoms. The fraction of sp³-hybridized carbons (Fsp3) is 0.500. The summed E-state index contributed by atoms with van der Waals surface area (Å²) >= 11 is 0. The van der Waals surface area contributed by atoms with Crippen molar-refractivity contribution in [3.8, 4) is 0 Å². The highest BCUT2D eigenvalue weighted by atomic mass is 16.3. The molecule has 1 aliphatic rings. The minimum Gasteiger partial charge on any atom is -0.382 e. The second-order valence-electron chi connectivity index (χ2n) is 4.10. The predicted molar refractivity (Wildman–Crippen MR) is 67.3 cm³/mol. The molecule has 0 aromatic carbocycles. The average molecular weight is 250 g/mol. The van der Waals surface area contributed by atoms with Gasteiger partial charge >= 0.3 is 0 Å². The fourth-order valence-corrected chi connectivity index (χ4v) is 2.09. The minimum absolute atomic E-state index is 0.0769. The molecule has 0 atom stereocenters. The average Bonchev–Trinajstić information content (AvgIpc) is 2.42. The number of anilines is 2. The van der Waals surface area contributed by atoms with Crippen LogP contribution in [0.5, 0.6) is 0 Å². The monoisotopic (exact) mass is 250 g/mol. The number of aromatic nitrogens is 1. The Balaban J connectivity index is 2.13. The van der Waals surface area contributed by atoms with Crippen molar-refractivity contribution in [3.05, 3.63) is 28.1 Å². The summed E-state index contributed by atoms with van der Waals surface area (Å²) in [6.45, 7) is 1.03. The molecule has 96 valence electrons. The lowest BCUT2D eigenvalue weighted by Crippen LogP contribution is -2.41. The summed E-state index contributed by atoms with van der Waals surface area (Å²) in [6, 6.07) is 3.33. The number of nitrogen functional groups attached to an aromatic ring is 1. The number of piperidine rings is 1. The highest BCUT2D eigenvalue weighted by molar-refractivity contribution is 5.62. The third kappa shape index (κ3) is 2.36. The summed E-state index contributed by atoms with van der Waals surface area (Å²) in [4.78, 5) is 25.3. The van der Waals surface area contributed by atoms with Crippen molar-refractivity contribution in [3.63, 3.8) is 0 Å². The van der Waals surface area contributed by atoms with Gasteiger partial charge in [-0.15, -0.1) is 9.81 Å². The van der Waals surface area contributed by atoms with Crippen molar-refractivity contribution in [2.45, 2.75) is 18.9 Å². The van der Waals surface area contributed by atoms with Crippen molar-refractivity contribution in [2.75, 3.05) is 23.8 Å². The molecule has 0 bridgehead atoms. The van der Waals surface area contributed by atoms with Gasteiger partial charge in [0.1, 0.15) is 11.5 Å². The van der Waals surface area contributed by atoms with Crippen LogP contribution in [-0.4, -0.2) is 29.1 Å². The molecule has 1 aromatic rings. The Morgan fingerprint density at radius 2 is 2.11 bits per heavy atom. The lowest BCUT2D eigenvalue weighted by atomic mass is 10.1. The van der Waals surface area contributed by atoms with Crippen LogP contribution in [0, 0.1) is 9.81 Å². The van der Waals surface area contributed by atoms with Crippen molar-refractivity contribution < 1.29 is 0 Å². The largest absolute Gasteiger partial charge is 0.382 e. The number of nitroso groups, excluding NO2 is 2. The highest BCUT2D eigenvalue weighted by Gasteiger charge is 2.27. The normalized spacial score (nSPS) is 16.3. The second-order valence-corrected chi connectivity index (χ2v) is 4.10. The zero-order chi connectivity index (χ0) is 13.0. The fourth-order valence-electron chi connectivity index (χ4n) is 2.09. The number of pyridine rings is 1. The number of hydrogen-bond acceptors (Lipinski definition) is 6. The molecule has 8 heteroatoms. The van der Waals surface area contributed by atoms with Crippen LogP contribution in [0.2, 0.25) is 0 Å². The van der Waals surface area contributed by atoms with Gasteiger partial charge in [-0.25, -0.2) is 9.99 Å². The van der Waals surface area contributed by atoms with Gasteiger partial charge in [-0.1, -0.05) is 0 Å². The second kappa shape index (κ2) is 5.39. The number of nitrogens with two attached hydrogens (primary N) is 1. The van der Waals surface area contributed by atoms with Gasteiger partial charge in [0, 0.05) is 19.3 Å². The van der Waals surface area contributed by atoms with Gasteiger partial charge in [-0.3, -0.25) is 5.01 Å². The Labute approximate surface area is 104 Å². The minimum atomic E-state index is -0.0769. The molecule has 0 radical (unpaired) electrons. The van der Waals surface area contributed by atoms with E-state index in [1.807, 2.05) is 0 Å². The molecule has 2 rings (SSSR count). The molecule has 0 aliphatic carbocycles. The maximum atomic E-state index is 11.0. The van der Waals surface area contributed by atoms with Crippen molar-refractivity contribution in [1.29, 1.82) is 0 Å². The van der Waals surface area contributed by atoms with Gasteiger partial charge in [0.15, 0.2) is 0 Å². The molecule has 1 aromatic heterocycles. The lowest BCUT2D eigenvalue weighted by molar-refractivity contribution is 0.214. The topological polar surface area (TPSA) is 104 Å². The summed E-state index contributed by atoms with van der Waals surface area (Å²) in [5, 5.41) is 8.68. The van der Waals surface area contributed by atoms with E-state index in [0.29, 0.717) is 31.6 Å². The maximum Gasteiger partial charge on any atom is 0.149 e. The Kier molecular flexibility index (Phi) is 3.66. The summed E-state index contributed by atoms with van der Waals surface area (Å²) in [7, 11) is 0. The molecule has 0 amide bonds. The van der Waals surface area contributed by atoms with E-state index in [1.54, 1.807) is 18.3 Å². The van der Waals surface area contributed by atoms with Crippen LogP contribution < -0.4 is 10.7 Å². The third-order valence-electron chi connectivity index (χ3n) is 3.05. The first kappa shape index (κ1) is 12.2. The molecule has 0 unspecified atom stereocenters. The van der Waals surface area contributed by atoms with E-state index in [0.717, 1.165) is 0 Å². The lowest BCUT2D eigenvalue weighted by Gasteiger charge is -2.32. The highest BCUT2D eigenvalue weighted by Crippen LogP contribution is 2.27. The van der Waals surface area contributed by atoms with Crippen LogP contribution in [0.3, 0.4) is 0 Å². The molecule has 0 saturated carbocycles. The van der Waals surface area contributed by atoms with E-state index < -0.39 is 0 Å². The first-order valence-electron chi connectivity index (χ1n) is 5.67. The van der Waals surface area contributed by atoms with Crippen LogP contribution in [0.15, 0.2) is 28.9 Å². The van der Waals surface area contributed by atoms with Gasteiger partial charge < -0.3 is 5.73 Å². The molecular formula is C10H14N6O2. The first-order valence-corrected chi connectivity index (χ1v) is 5.67. The molecule has 1 fully saturated rings. The zero-order valence-electron chi connectivity index (χ0n) is 9.77. The molecule has 1 aliphatic heterocycles. The number of nitrogens with zero attached hydrogens (tertiary/aromatic N) is 5. The van der Waals surface area contributed by atoms with E-state index >= 15 is 0 Å². The van der Waals surface area contributed by atoms with Gasteiger partial charge in [-0.05, 0) is 25.0 Å². The summed E-state index contributed by atoms with van der Waals surface area (Å²) in [5.74, 6) is 0.271. The van der Waals surface area contributed by atoms with Crippen molar-refractivity contribution in [1.82, 2.24) is 9.99 Å². The molecule has 8 nitrogen and oxygen atoms in total. The Hall–Kier alpha value is -2.25. The predicted octanol–water partition coefficient (Wildman–Crippen LogP) is 1.30. The van der Waals surface area contributed by atoms with Crippen LogP contribution in [0.4, 0.5) is 11.5 Å².